The number of benzene rings is 1. The Kier molecular flexibility index (Phi) is 8.92. The molecule has 1 amide bonds. The van der Waals surface area contributed by atoms with Crippen molar-refractivity contribution >= 4 is 11.6 Å². The molecule has 1 aromatic carbocycles. The van der Waals surface area contributed by atoms with Gasteiger partial charge in [0, 0.05) is 13.0 Å². The lowest BCUT2D eigenvalue weighted by Gasteiger charge is -2.47. The summed E-state index contributed by atoms with van der Waals surface area (Å²) in [7, 11) is 0. The molecule has 2 heterocycles. The van der Waals surface area contributed by atoms with E-state index in [1.54, 1.807) is 0 Å². The van der Waals surface area contributed by atoms with Crippen LogP contribution < -0.4 is 10.1 Å². The number of carbonyl (C=O) groups excluding carboxylic acids is 1. The van der Waals surface area contributed by atoms with Crippen molar-refractivity contribution in [3.8, 4) is 5.75 Å². The van der Waals surface area contributed by atoms with Gasteiger partial charge in [-0.2, -0.15) is 0 Å². The predicted octanol–water partition coefficient (Wildman–Crippen LogP) is -3.26. The fourth-order valence-corrected chi connectivity index (χ4v) is 3.89. The number of aliphatic hydroxyl groups excluding tert-OH is 6. The number of nitro groups is 1. The Bertz CT molecular complexity index is 886. The van der Waals surface area contributed by atoms with Gasteiger partial charge in [0.05, 0.1) is 18.1 Å². The molecule has 196 valence electrons. The van der Waals surface area contributed by atoms with Gasteiger partial charge in [0.1, 0.15) is 48.8 Å². The summed E-state index contributed by atoms with van der Waals surface area (Å²) in [6.45, 7) is -0.352. The largest absolute Gasteiger partial charge is 0.455 e. The number of nitro benzene ring substituents is 1. The minimum Gasteiger partial charge on any atom is -0.455 e. The molecular weight excluding hydrogens is 476 g/mol. The number of carbonyl (C=O) groups is 1. The maximum absolute atomic E-state index is 11.9. The van der Waals surface area contributed by atoms with Crippen molar-refractivity contribution in [2.75, 3.05) is 13.2 Å². The summed E-state index contributed by atoms with van der Waals surface area (Å²) in [5, 5.41) is 74.1. The van der Waals surface area contributed by atoms with Gasteiger partial charge in [-0.1, -0.05) is 12.1 Å². The third-order valence-corrected chi connectivity index (χ3v) is 5.67. The molecule has 35 heavy (non-hydrogen) atoms. The fraction of sp³-hybridized carbons (Fsp3) is 0.650. The Labute approximate surface area is 198 Å². The van der Waals surface area contributed by atoms with Crippen LogP contribution in [0.2, 0.25) is 0 Å². The maximum Gasteiger partial charge on any atom is 0.311 e. The Morgan fingerprint density at radius 3 is 2.20 bits per heavy atom. The minimum absolute atomic E-state index is 0.238. The monoisotopic (exact) mass is 504 g/mol. The van der Waals surface area contributed by atoms with Gasteiger partial charge in [-0.15, -0.1) is 0 Å². The second-order valence-corrected chi connectivity index (χ2v) is 8.08. The molecule has 10 atom stereocenters. The van der Waals surface area contributed by atoms with E-state index in [-0.39, 0.29) is 5.75 Å². The summed E-state index contributed by atoms with van der Waals surface area (Å²) >= 11 is 0. The molecule has 2 aliphatic heterocycles. The average Bonchev–Trinajstić information content (AvgIpc) is 2.82. The molecule has 15 nitrogen and oxygen atoms in total. The van der Waals surface area contributed by atoms with E-state index >= 15 is 0 Å². The standard InChI is InChI=1S/C20H28N2O13/c1-8(25)21-13-18(35-20-17(29)16(28)14(26)11(6-23)34-20)15(27)12(7-24)33-19(13)32-10-5-3-2-4-9(10)22(30)31/h2-5,11-20,23-24,26-29H,6-7H2,1H3,(H,21,25)/t11-,12-,13-,14+,15+,16+,17-,18-,19+,20+/m1/s1. The minimum atomic E-state index is -1.83. The molecule has 2 saturated heterocycles. The Morgan fingerprint density at radius 1 is 1.00 bits per heavy atom. The molecule has 2 fully saturated rings. The molecule has 0 bridgehead atoms. The lowest BCUT2D eigenvalue weighted by molar-refractivity contribution is -0.387. The Morgan fingerprint density at radius 2 is 1.60 bits per heavy atom. The summed E-state index contributed by atoms with van der Waals surface area (Å²) in [6, 6.07) is 3.95. The zero-order valence-electron chi connectivity index (χ0n) is 18.5. The number of para-hydroxylation sites is 2. The summed E-state index contributed by atoms with van der Waals surface area (Å²) < 4.78 is 22.2. The first-order valence-electron chi connectivity index (χ1n) is 10.7. The molecular formula is C20H28N2O13. The molecule has 7 N–H and O–H groups in total. The summed E-state index contributed by atoms with van der Waals surface area (Å²) in [5.41, 5.74) is -0.421. The van der Waals surface area contributed by atoms with Gasteiger partial charge in [0.25, 0.3) is 0 Å². The SMILES string of the molecule is CC(=O)N[C@H]1[C@@H](Oc2ccccc2[N+](=O)[O-])O[C@H](CO)[C@H](O)[C@@H]1O[C@@H]1O[C@H](CO)[C@H](O)[C@H](O)[C@H]1O. The predicted molar refractivity (Wildman–Crippen MR) is 112 cm³/mol. The van der Waals surface area contributed by atoms with Crippen LogP contribution >= 0.6 is 0 Å². The number of nitrogens with zero attached hydrogens (tertiary/aromatic N) is 1. The maximum atomic E-state index is 11.9. The molecule has 0 aromatic heterocycles. The number of hydrogen-bond acceptors (Lipinski definition) is 13. The van der Waals surface area contributed by atoms with E-state index in [0.717, 1.165) is 6.92 Å². The van der Waals surface area contributed by atoms with E-state index in [2.05, 4.69) is 5.32 Å². The van der Waals surface area contributed by atoms with Crippen molar-refractivity contribution in [1.82, 2.24) is 5.32 Å². The lowest BCUT2D eigenvalue weighted by atomic mass is 9.95. The molecule has 1 aromatic rings. The average molecular weight is 504 g/mol. The van der Waals surface area contributed by atoms with Gasteiger partial charge >= 0.3 is 5.69 Å². The van der Waals surface area contributed by atoms with Crippen LogP contribution in [-0.4, -0.2) is 116 Å². The van der Waals surface area contributed by atoms with Gasteiger partial charge in [-0.25, -0.2) is 0 Å². The fourth-order valence-electron chi connectivity index (χ4n) is 3.89. The topological polar surface area (TPSA) is 231 Å². The van der Waals surface area contributed by atoms with Gasteiger partial charge < -0.3 is 54.9 Å². The highest BCUT2D eigenvalue weighted by molar-refractivity contribution is 5.73. The molecule has 0 saturated carbocycles. The second-order valence-electron chi connectivity index (χ2n) is 8.08. The van der Waals surface area contributed by atoms with Gasteiger partial charge in [-0.3, -0.25) is 14.9 Å². The number of hydrogen-bond donors (Lipinski definition) is 7. The Balaban J connectivity index is 1.93. The van der Waals surface area contributed by atoms with Gasteiger partial charge in [-0.05, 0) is 6.07 Å². The highest BCUT2D eigenvalue weighted by atomic mass is 16.7. The molecule has 0 aliphatic carbocycles. The number of rotatable bonds is 8. The quantitative estimate of drug-likeness (QED) is 0.136. The molecule has 0 unspecified atom stereocenters. The number of nitrogens with one attached hydrogen (secondary N) is 1. The van der Waals surface area contributed by atoms with Crippen LogP contribution in [0, 0.1) is 10.1 Å². The van der Waals surface area contributed by atoms with E-state index in [0.29, 0.717) is 0 Å². The molecule has 2 aliphatic rings. The molecule has 0 radical (unpaired) electrons. The lowest BCUT2D eigenvalue weighted by Crippen LogP contribution is -2.68. The number of ether oxygens (including phenoxy) is 4. The van der Waals surface area contributed by atoms with Crippen molar-refractivity contribution in [3.63, 3.8) is 0 Å². The van der Waals surface area contributed by atoms with Gasteiger partial charge in [0.2, 0.25) is 12.2 Å². The van der Waals surface area contributed by atoms with Crippen LogP contribution in [0.3, 0.4) is 0 Å². The van der Waals surface area contributed by atoms with Crippen molar-refractivity contribution in [1.29, 1.82) is 0 Å². The number of amides is 1. The highest BCUT2D eigenvalue weighted by Crippen LogP contribution is 2.33. The van der Waals surface area contributed by atoms with Crippen molar-refractivity contribution in [2.45, 2.75) is 68.3 Å². The smallest absolute Gasteiger partial charge is 0.311 e. The van der Waals surface area contributed by atoms with Crippen molar-refractivity contribution in [3.05, 3.63) is 34.4 Å². The number of aliphatic hydroxyl groups is 6. The summed E-state index contributed by atoms with van der Waals surface area (Å²) in [5.74, 6) is -0.871. The summed E-state index contributed by atoms with van der Waals surface area (Å²) in [6.07, 6.45) is -14.3. The summed E-state index contributed by atoms with van der Waals surface area (Å²) in [4.78, 5) is 22.6. The first kappa shape index (κ1) is 27.1. The van der Waals surface area contributed by atoms with Crippen LogP contribution in [0.5, 0.6) is 5.75 Å². The van der Waals surface area contributed by atoms with E-state index in [4.69, 9.17) is 18.9 Å². The van der Waals surface area contributed by atoms with Crippen LogP contribution in [0.1, 0.15) is 6.92 Å². The van der Waals surface area contributed by atoms with E-state index in [9.17, 15) is 45.5 Å². The zero-order valence-corrected chi connectivity index (χ0v) is 18.5. The van der Waals surface area contributed by atoms with Crippen LogP contribution in [0.15, 0.2) is 24.3 Å². The zero-order chi connectivity index (χ0) is 25.9. The first-order chi connectivity index (χ1) is 16.6. The molecule has 15 heteroatoms. The Hall–Kier alpha value is -2.47. The molecule has 0 spiro atoms. The van der Waals surface area contributed by atoms with E-state index in [1.807, 2.05) is 0 Å². The first-order valence-corrected chi connectivity index (χ1v) is 10.7. The van der Waals surface area contributed by atoms with Crippen LogP contribution in [-0.2, 0) is 19.0 Å². The van der Waals surface area contributed by atoms with Crippen molar-refractivity contribution < 1.29 is 59.3 Å². The van der Waals surface area contributed by atoms with E-state index < -0.39 is 91.1 Å². The third kappa shape index (κ3) is 5.85. The van der Waals surface area contributed by atoms with Gasteiger partial charge in [0.15, 0.2) is 12.0 Å². The van der Waals surface area contributed by atoms with Crippen molar-refractivity contribution in [2.24, 2.45) is 0 Å². The van der Waals surface area contributed by atoms with Crippen LogP contribution in [0.4, 0.5) is 5.69 Å². The second kappa shape index (κ2) is 11.5. The van der Waals surface area contributed by atoms with E-state index in [1.165, 1.54) is 24.3 Å². The molecule has 3 rings (SSSR count). The van der Waals surface area contributed by atoms with Crippen LogP contribution in [0.25, 0.3) is 0 Å². The third-order valence-electron chi connectivity index (χ3n) is 5.67. The normalized spacial score (nSPS) is 37.5. The highest BCUT2D eigenvalue weighted by Gasteiger charge is 2.52.